The number of hydrogen-bond donors (Lipinski definition) is 0. The van der Waals surface area contributed by atoms with Crippen LogP contribution >= 0.6 is 22.9 Å². The summed E-state index contributed by atoms with van der Waals surface area (Å²) in [5.74, 6) is 0. The summed E-state index contributed by atoms with van der Waals surface area (Å²) in [7, 11) is -11.5. The highest BCUT2D eigenvalue weighted by molar-refractivity contribution is 8.03. The van der Waals surface area contributed by atoms with Crippen LogP contribution in [0, 0.1) is 0 Å². The average molecular weight is 476 g/mol. The molecule has 1 unspecified atom stereocenters. The van der Waals surface area contributed by atoms with Crippen molar-refractivity contribution >= 4 is 52.5 Å². The molecule has 0 saturated heterocycles. The number of sulfonamides is 1. The summed E-state index contributed by atoms with van der Waals surface area (Å²) in [5.41, 5.74) is 0. The summed E-state index contributed by atoms with van der Waals surface area (Å²) in [4.78, 5) is 0.0925. The second-order valence-electron chi connectivity index (χ2n) is 5.72. The summed E-state index contributed by atoms with van der Waals surface area (Å²) in [6, 6.07) is 14.5. The molecule has 3 rings (SSSR count). The van der Waals surface area contributed by atoms with Gasteiger partial charge in [-0.15, -0.1) is 15.1 Å². The topological polar surface area (TPSA) is 97.7 Å². The fraction of sp³-hybridized carbons (Fsp3) is 0.0588. The normalized spacial score (nSPS) is 14.4. The molecule has 0 aliphatic carbocycles. The minimum absolute atomic E-state index is 0.0501. The van der Waals surface area contributed by atoms with E-state index < -0.39 is 29.6 Å². The van der Waals surface area contributed by atoms with Gasteiger partial charge < -0.3 is 0 Å². The van der Waals surface area contributed by atoms with Gasteiger partial charge in [-0.1, -0.05) is 29.8 Å². The van der Waals surface area contributed by atoms with E-state index in [2.05, 4.69) is 3.77 Å². The predicted octanol–water partition coefficient (Wildman–Crippen LogP) is 4.08. The summed E-state index contributed by atoms with van der Waals surface area (Å²) in [6.45, 7) is 0. The Bertz CT molecular complexity index is 1340. The van der Waals surface area contributed by atoms with Crippen molar-refractivity contribution in [2.24, 2.45) is 3.77 Å². The molecule has 1 heterocycles. The van der Waals surface area contributed by atoms with Gasteiger partial charge in [-0.05, 0) is 42.5 Å². The first-order valence-corrected chi connectivity index (χ1v) is 13.8. The minimum atomic E-state index is -4.33. The first-order chi connectivity index (χ1) is 13.0. The van der Waals surface area contributed by atoms with Crippen LogP contribution in [-0.4, -0.2) is 27.3 Å². The molecule has 6 nitrogen and oxygen atoms in total. The molecule has 0 fully saturated rings. The van der Waals surface area contributed by atoms with Crippen LogP contribution in [0.4, 0.5) is 0 Å². The minimum Gasteiger partial charge on any atom is -0.244 e. The molecule has 11 heteroatoms. The van der Waals surface area contributed by atoms with Gasteiger partial charge in [0.15, 0.2) is 0 Å². The van der Waals surface area contributed by atoms with E-state index in [1.165, 1.54) is 48.0 Å². The van der Waals surface area contributed by atoms with Crippen LogP contribution in [0.3, 0.4) is 0 Å². The van der Waals surface area contributed by atoms with E-state index in [9.17, 15) is 21.0 Å². The van der Waals surface area contributed by atoms with Gasteiger partial charge >= 0.3 is 0 Å². The largest absolute Gasteiger partial charge is 0.299 e. The molecule has 0 aliphatic rings. The summed E-state index contributed by atoms with van der Waals surface area (Å²) < 4.78 is 66.5. The van der Waals surface area contributed by atoms with Crippen LogP contribution in [0.2, 0.25) is 5.02 Å². The van der Waals surface area contributed by atoms with E-state index in [0.717, 1.165) is 6.07 Å². The fourth-order valence-electron chi connectivity index (χ4n) is 2.27. The number of benzene rings is 2. The average Bonchev–Trinajstić information content (AvgIpc) is 3.14. The highest BCUT2D eigenvalue weighted by atomic mass is 35.5. The maximum atomic E-state index is 12.8. The van der Waals surface area contributed by atoms with Crippen molar-refractivity contribution in [2.45, 2.75) is 18.9 Å². The van der Waals surface area contributed by atoms with Crippen LogP contribution in [0.15, 0.2) is 88.7 Å². The van der Waals surface area contributed by atoms with Crippen molar-refractivity contribution in [3.8, 4) is 0 Å². The number of thiophene rings is 1. The molecule has 0 spiro atoms. The standard InChI is InChI=1S/C17H14ClNO5S4/c1-26(20,14-9-7-13(18)8-10-14)19-28(23,24)17-11-16(12-25-17)27(21,22)15-5-3-2-4-6-15/h2-12H,1H3. The van der Waals surface area contributed by atoms with Gasteiger partial charge in [0.05, 0.1) is 19.5 Å². The van der Waals surface area contributed by atoms with E-state index in [-0.39, 0.29) is 18.9 Å². The van der Waals surface area contributed by atoms with Crippen molar-refractivity contribution in [2.75, 3.05) is 6.26 Å². The van der Waals surface area contributed by atoms with Crippen LogP contribution in [-0.2, 0) is 29.6 Å². The van der Waals surface area contributed by atoms with Crippen LogP contribution in [0.1, 0.15) is 0 Å². The lowest BCUT2D eigenvalue weighted by atomic mass is 10.4. The molecular weight excluding hydrogens is 462 g/mol. The molecule has 148 valence electrons. The van der Waals surface area contributed by atoms with Gasteiger partial charge in [0.1, 0.15) is 4.21 Å². The van der Waals surface area contributed by atoms with Gasteiger partial charge in [-0.25, -0.2) is 12.6 Å². The summed E-state index contributed by atoms with van der Waals surface area (Å²) >= 11 is 6.50. The Kier molecular flexibility index (Phi) is 5.70. The Hall–Kier alpha value is -1.72. The van der Waals surface area contributed by atoms with Gasteiger partial charge in [0.25, 0.3) is 10.0 Å². The van der Waals surface area contributed by atoms with Gasteiger partial charge in [0, 0.05) is 21.6 Å². The first kappa shape index (κ1) is 21.0. The van der Waals surface area contributed by atoms with Crippen molar-refractivity contribution in [1.82, 2.24) is 0 Å². The van der Waals surface area contributed by atoms with Gasteiger partial charge in [-0.2, -0.15) is 8.42 Å². The number of rotatable bonds is 5. The molecule has 2 aromatic carbocycles. The molecule has 1 atom stereocenters. The van der Waals surface area contributed by atoms with Crippen molar-refractivity contribution in [1.29, 1.82) is 0 Å². The Morgan fingerprint density at radius 2 is 1.43 bits per heavy atom. The molecule has 0 aliphatic heterocycles. The van der Waals surface area contributed by atoms with Crippen molar-refractivity contribution in [3.05, 3.63) is 71.1 Å². The fourth-order valence-corrected chi connectivity index (χ4v) is 8.71. The smallest absolute Gasteiger partial charge is 0.244 e. The maximum absolute atomic E-state index is 12.8. The summed E-state index contributed by atoms with van der Waals surface area (Å²) in [5, 5.41) is 1.64. The van der Waals surface area contributed by atoms with E-state index in [1.807, 2.05) is 0 Å². The van der Waals surface area contributed by atoms with E-state index in [4.69, 9.17) is 11.6 Å². The third-order valence-electron chi connectivity index (χ3n) is 3.66. The maximum Gasteiger partial charge on any atom is 0.299 e. The monoisotopic (exact) mass is 475 g/mol. The second kappa shape index (κ2) is 7.60. The molecule has 0 bridgehead atoms. The molecular formula is C17H14ClNO5S4. The van der Waals surface area contributed by atoms with Crippen molar-refractivity contribution in [3.63, 3.8) is 0 Å². The van der Waals surface area contributed by atoms with Gasteiger partial charge in [0.2, 0.25) is 9.84 Å². The van der Waals surface area contributed by atoms with Crippen LogP contribution in [0.5, 0.6) is 0 Å². The Morgan fingerprint density at radius 3 is 2.04 bits per heavy atom. The van der Waals surface area contributed by atoms with Crippen molar-refractivity contribution < 1.29 is 21.0 Å². The molecule has 0 saturated carbocycles. The quantitative estimate of drug-likeness (QED) is 0.553. The Balaban J connectivity index is 2.03. The Labute approximate surface area is 173 Å². The molecule has 3 aromatic rings. The zero-order chi connectivity index (χ0) is 20.6. The zero-order valence-electron chi connectivity index (χ0n) is 14.4. The number of nitrogens with zero attached hydrogens (tertiary/aromatic N) is 1. The lowest BCUT2D eigenvalue weighted by Crippen LogP contribution is -2.04. The predicted molar refractivity (Wildman–Crippen MR) is 110 cm³/mol. The SMILES string of the molecule is CS(=O)(=NS(=O)(=O)c1cc(S(=O)(=O)c2ccccc2)cs1)c1ccc(Cl)cc1. The third-order valence-corrected chi connectivity index (χ3v) is 11.1. The van der Waals surface area contributed by atoms with Crippen LogP contribution in [0.25, 0.3) is 0 Å². The molecule has 28 heavy (non-hydrogen) atoms. The highest BCUT2D eigenvalue weighted by Gasteiger charge is 2.25. The molecule has 1 aromatic heterocycles. The molecule has 0 radical (unpaired) electrons. The van der Waals surface area contributed by atoms with E-state index >= 15 is 0 Å². The number of sulfone groups is 1. The van der Waals surface area contributed by atoms with Gasteiger partial charge in [-0.3, -0.25) is 0 Å². The lowest BCUT2D eigenvalue weighted by Gasteiger charge is -2.04. The number of halogens is 1. The van der Waals surface area contributed by atoms with E-state index in [0.29, 0.717) is 16.4 Å². The summed E-state index contributed by atoms with van der Waals surface area (Å²) in [6.07, 6.45) is 1.20. The third kappa shape index (κ3) is 4.31. The van der Waals surface area contributed by atoms with E-state index in [1.54, 1.807) is 18.2 Å². The zero-order valence-corrected chi connectivity index (χ0v) is 18.4. The lowest BCUT2D eigenvalue weighted by molar-refractivity contribution is 0.596. The van der Waals surface area contributed by atoms with Crippen LogP contribution < -0.4 is 0 Å². The molecule has 0 amide bonds. The Morgan fingerprint density at radius 1 is 0.821 bits per heavy atom. The number of hydrogen-bond acceptors (Lipinski definition) is 6. The molecule has 0 N–H and O–H groups in total. The second-order valence-corrected chi connectivity index (χ2v) is 13.3. The first-order valence-electron chi connectivity index (χ1n) is 7.65. The highest BCUT2D eigenvalue weighted by Crippen LogP contribution is 2.30.